The zero-order valence-corrected chi connectivity index (χ0v) is 7.98. The van der Waals surface area contributed by atoms with Crippen LogP contribution in [0.2, 0.25) is 0 Å². The molecule has 0 aliphatic heterocycles. The molecule has 80 valence electrons. The van der Waals surface area contributed by atoms with Gasteiger partial charge in [0.1, 0.15) is 0 Å². The first-order valence-corrected chi connectivity index (χ1v) is 4.79. The van der Waals surface area contributed by atoms with Crippen LogP contribution in [0.25, 0.3) is 0 Å². The first-order chi connectivity index (χ1) is 6.51. The Morgan fingerprint density at radius 2 is 2.21 bits per heavy atom. The Morgan fingerprint density at radius 1 is 1.50 bits per heavy atom. The lowest BCUT2D eigenvalue weighted by Crippen LogP contribution is -2.07. The van der Waals surface area contributed by atoms with Gasteiger partial charge in [0, 0.05) is 18.5 Å². The molecule has 0 atom stereocenters. The van der Waals surface area contributed by atoms with Crippen molar-refractivity contribution in [3.05, 3.63) is 11.9 Å². The van der Waals surface area contributed by atoms with Gasteiger partial charge in [0.2, 0.25) is 0 Å². The normalized spacial score (nSPS) is 12.0. The number of aromatic nitrogens is 3. The number of hydrogen-bond donors (Lipinski definition) is 1. The molecule has 0 aliphatic carbocycles. The molecule has 1 aromatic rings. The molecule has 1 rings (SSSR count). The minimum atomic E-state index is -4.18. The van der Waals surface area contributed by atoms with E-state index in [-0.39, 0.29) is 30.6 Å². The van der Waals surface area contributed by atoms with Crippen LogP contribution >= 0.6 is 11.8 Å². The summed E-state index contributed by atoms with van der Waals surface area (Å²) in [6.07, 6.45) is 1.54. The van der Waals surface area contributed by atoms with Gasteiger partial charge in [-0.3, -0.25) is 4.68 Å². The highest BCUT2D eigenvalue weighted by molar-refractivity contribution is 8.00. The Morgan fingerprint density at radius 3 is 2.71 bits per heavy atom. The zero-order chi connectivity index (χ0) is 10.6. The first kappa shape index (κ1) is 11.3. The van der Waals surface area contributed by atoms with E-state index < -0.39 is 5.51 Å². The zero-order valence-electron chi connectivity index (χ0n) is 7.16. The van der Waals surface area contributed by atoms with Crippen LogP contribution in [0, 0.1) is 0 Å². The Kier molecular flexibility index (Phi) is 3.76. The molecule has 0 amide bonds. The number of nitrogens with two attached hydrogens (primary N) is 1. The van der Waals surface area contributed by atoms with E-state index in [4.69, 9.17) is 5.73 Å². The van der Waals surface area contributed by atoms with Crippen LogP contribution in [0.3, 0.4) is 0 Å². The summed E-state index contributed by atoms with van der Waals surface area (Å²) in [5.74, 6) is -0.0725. The van der Waals surface area contributed by atoms with Gasteiger partial charge in [-0.15, -0.1) is 5.10 Å². The predicted octanol–water partition coefficient (Wildman–Crippen LogP) is 0.990. The van der Waals surface area contributed by atoms with E-state index in [2.05, 4.69) is 10.3 Å². The maximum Gasteiger partial charge on any atom is 0.441 e. The molecule has 0 saturated carbocycles. The Hall–Kier alpha value is -0.760. The van der Waals surface area contributed by atoms with Crippen molar-refractivity contribution in [2.45, 2.75) is 18.6 Å². The van der Waals surface area contributed by atoms with Crippen molar-refractivity contribution in [2.24, 2.45) is 5.73 Å². The van der Waals surface area contributed by atoms with Crippen LogP contribution in [0.15, 0.2) is 6.20 Å². The lowest BCUT2D eigenvalue weighted by Gasteiger charge is -2.04. The minimum absolute atomic E-state index is 0.0725. The molecule has 0 bridgehead atoms. The maximum absolute atomic E-state index is 11.7. The molecule has 0 aromatic carbocycles. The summed E-state index contributed by atoms with van der Waals surface area (Å²) in [7, 11) is 0. The maximum atomic E-state index is 11.7. The van der Waals surface area contributed by atoms with E-state index >= 15 is 0 Å². The molecular formula is C6H9F3N4S. The lowest BCUT2D eigenvalue weighted by molar-refractivity contribution is -0.0328. The third-order valence-corrected chi connectivity index (χ3v) is 2.10. The lowest BCUT2D eigenvalue weighted by atomic mass is 10.5. The van der Waals surface area contributed by atoms with Gasteiger partial charge in [-0.25, -0.2) is 0 Å². The fourth-order valence-electron chi connectivity index (χ4n) is 0.796. The highest BCUT2D eigenvalue weighted by Gasteiger charge is 2.27. The summed E-state index contributed by atoms with van der Waals surface area (Å²) in [5, 5.41) is 7.26. The van der Waals surface area contributed by atoms with E-state index in [1.807, 2.05) is 0 Å². The fourth-order valence-corrected chi connectivity index (χ4v) is 1.31. The monoisotopic (exact) mass is 226 g/mol. The van der Waals surface area contributed by atoms with Crippen LogP contribution in [0.5, 0.6) is 0 Å². The largest absolute Gasteiger partial charge is 0.441 e. The van der Waals surface area contributed by atoms with Gasteiger partial charge < -0.3 is 5.73 Å². The van der Waals surface area contributed by atoms with E-state index in [1.165, 1.54) is 10.9 Å². The minimum Gasteiger partial charge on any atom is -0.325 e. The number of nitrogens with zero attached hydrogens (tertiary/aromatic N) is 3. The third-order valence-electron chi connectivity index (χ3n) is 1.38. The summed E-state index contributed by atoms with van der Waals surface area (Å²) in [4.78, 5) is 0. The summed E-state index contributed by atoms with van der Waals surface area (Å²) in [5.41, 5.74) is 1.65. The van der Waals surface area contributed by atoms with Crippen molar-refractivity contribution in [1.82, 2.24) is 15.0 Å². The standard InChI is InChI=1S/C6H9F3N4S/c7-6(8,9)14-2-1-13-4-5(3-10)11-12-13/h4H,1-3,10H2. The highest BCUT2D eigenvalue weighted by Crippen LogP contribution is 2.29. The second kappa shape index (κ2) is 4.65. The topological polar surface area (TPSA) is 56.7 Å². The van der Waals surface area contributed by atoms with E-state index in [0.29, 0.717) is 5.69 Å². The van der Waals surface area contributed by atoms with Crippen LogP contribution in [-0.2, 0) is 13.1 Å². The van der Waals surface area contributed by atoms with Gasteiger partial charge in [0.25, 0.3) is 0 Å². The number of alkyl halides is 3. The average molecular weight is 226 g/mol. The second-order valence-electron chi connectivity index (χ2n) is 2.47. The number of aryl methyl sites for hydroxylation is 1. The van der Waals surface area contributed by atoms with Crippen molar-refractivity contribution < 1.29 is 13.2 Å². The first-order valence-electron chi connectivity index (χ1n) is 3.81. The molecule has 1 aromatic heterocycles. The molecule has 14 heavy (non-hydrogen) atoms. The number of halogens is 3. The molecule has 4 nitrogen and oxygen atoms in total. The van der Waals surface area contributed by atoms with Gasteiger partial charge in [-0.05, 0) is 11.8 Å². The second-order valence-corrected chi connectivity index (χ2v) is 3.63. The van der Waals surface area contributed by atoms with Crippen molar-refractivity contribution in [2.75, 3.05) is 5.75 Å². The van der Waals surface area contributed by atoms with Gasteiger partial charge in [-0.1, -0.05) is 5.21 Å². The molecule has 2 N–H and O–H groups in total. The summed E-state index contributed by atoms with van der Waals surface area (Å²) >= 11 is -0.0746. The summed E-state index contributed by atoms with van der Waals surface area (Å²) in [6, 6.07) is 0. The molecule has 0 saturated heterocycles. The van der Waals surface area contributed by atoms with Crippen LogP contribution in [0.1, 0.15) is 5.69 Å². The number of rotatable bonds is 4. The molecule has 1 heterocycles. The van der Waals surface area contributed by atoms with Crippen molar-refractivity contribution in [3.63, 3.8) is 0 Å². The average Bonchev–Trinajstić information content (AvgIpc) is 2.50. The molecule has 0 unspecified atom stereocenters. The van der Waals surface area contributed by atoms with Crippen LogP contribution in [-0.4, -0.2) is 26.3 Å². The smallest absolute Gasteiger partial charge is 0.325 e. The van der Waals surface area contributed by atoms with Gasteiger partial charge >= 0.3 is 5.51 Å². The quantitative estimate of drug-likeness (QED) is 0.831. The van der Waals surface area contributed by atoms with Crippen LogP contribution in [0.4, 0.5) is 13.2 Å². The van der Waals surface area contributed by atoms with Crippen molar-refractivity contribution >= 4 is 11.8 Å². The fraction of sp³-hybridized carbons (Fsp3) is 0.667. The Bertz CT molecular complexity index is 285. The van der Waals surface area contributed by atoms with Gasteiger partial charge in [0.15, 0.2) is 0 Å². The van der Waals surface area contributed by atoms with Gasteiger partial charge in [0.05, 0.1) is 12.2 Å². The van der Waals surface area contributed by atoms with Crippen molar-refractivity contribution in [1.29, 1.82) is 0 Å². The van der Waals surface area contributed by atoms with Crippen LogP contribution < -0.4 is 5.73 Å². The van der Waals surface area contributed by atoms with E-state index in [0.717, 1.165) is 0 Å². The molecule has 0 spiro atoms. The van der Waals surface area contributed by atoms with Gasteiger partial charge in [-0.2, -0.15) is 13.2 Å². The number of thioether (sulfide) groups is 1. The highest BCUT2D eigenvalue weighted by atomic mass is 32.2. The Balaban J connectivity index is 2.31. The number of hydrogen-bond acceptors (Lipinski definition) is 4. The summed E-state index contributed by atoms with van der Waals surface area (Å²) < 4.78 is 36.5. The molecular weight excluding hydrogens is 217 g/mol. The summed E-state index contributed by atoms with van der Waals surface area (Å²) in [6.45, 7) is 0.420. The molecule has 0 radical (unpaired) electrons. The Labute approximate surface area is 82.6 Å². The van der Waals surface area contributed by atoms with E-state index in [9.17, 15) is 13.2 Å². The third kappa shape index (κ3) is 3.97. The predicted molar refractivity (Wildman–Crippen MR) is 46.4 cm³/mol. The van der Waals surface area contributed by atoms with Crippen molar-refractivity contribution in [3.8, 4) is 0 Å². The molecule has 0 fully saturated rings. The van der Waals surface area contributed by atoms with E-state index in [1.54, 1.807) is 0 Å². The molecule has 0 aliphatic rings. The SMILES string of the molecule is NCc1cn(CCSC(F)(F)F)nn1. The molecule has 8 heteroatoms.